The van der Waals surface area contributed by atoms with Crippen molar-refractivity contribution >= 4 is 17.4 Å². The minimum atomic E-state index is -2.64. The van der Waals surface area contributed by atoms with Gasteiger partial charge >= 0.3 is 0 Å². The Balaban J connectivity index is 3.31. The summed E-state index contributed by atoms with van der Waals surface area (Å²) in [4.78, 5) is 3.74. The molecule has 0 radical (unpaired) electrons. The molecule has 0 fully saturated rings. The predicted octanol–water partition coefficient (Wildman–Crippen LogP) is 2.35. The zero-order valence-electron chi connectivity index (χ0n) is 7.43. The molecule has 0 amide bonds. The summed E-state index contributed by atoms with van der Waals surface area (Å²) >= 11 is 5.52. The molecule has 0 aliphatic rings. The van der Waals surface area contributed by atoms with Gasteiger partial charge < -0.3 is 10.5 Å². The van der Waals surface area contributed by atoms with Gasteiger partial charge in [0, 0.05) is 11.1 Å². The van der Waals surface area contributed by atoms with Crippen molar-refractivity contribution < 1.29 is 13.5 Å². The van der Waals surface area contributed by atoms with Crippen LogP contribution in [0.25, 0.3) is 0 Å². The van der Waals surface area contributed by atoms with Crippen LogP contribution in [0.1, 0.15) is 17.6 Å². The third kappa shape index (κ3) is 2.04. The molecule has 0 spiro atoms. The van der Waals surface area contributed by atoms with E-state index in [0.717, 1.165) is 6.07 Å². The van der Waals surface area contributed by atoms with Gasteiger partial charge in [-0.15, -0.1) is 11.6 Å². The van der Waals surface area contributed by atoms with E-state index in [4.69, 9.17) is 22.1 Å². The fourth-order valence-electron chi connectivity index (χ4n) is 1.08. The molecule has 3 nitrogen and oxygen atoms in total. The van der Waals surface area contributed by atoms with Gasteiger partial charge in [0.25, 0.3) is 6.43 Å². The molecular formula is C8H9ClF2N2O. The molecule has 78 valence electrons. The molecule has 14 heavy (non-hydrogen) atoms. The quantitative estimate of drug-likeness (QED) is 0.799. The second-order valence-electron chi connectivity index (χ2n) is 2.56. The summed E-state index contributed by atoms with van der Waals surface area (Å²) in [6, 6.07) is 1.10. The van der Waals surface area contributed by atoms with E-state index >= 15 is 0 Å². The van der Waals surface area contributed by atoms with Gasteiger partial charge in [-0.25, -0.2) is 8.78 Å². The van der Waals surface area contributed by atoms with E-state index in [1.807, 2.05) is 0 Å². The zero-order chi connectivity index (χ0) is 10.7. The molecule has 6 heteroatoms. The van der Waals surface area contributed by atoms with Crippen LogP contribution in [-0.4, -0.2) is 12.1 Å². The molecule has 0 bridgehead atoms. The van der Waals surface area contributed by atoms with E-state index in [2.05, 4.69) is 4.98 Å². The molecule has 0 unspecified atom stereocenters. The Labute approximate surface area is 84.8 Å². The fraction of sp³-hybridized carbons (Fsp3) is 0.375. The van der Waals surface area contributed by atoms with Crippen LogP contribution in [0.15, 0.2) is 6.07 Å². The van der Waals surface area contributed by atoms with E-state index < -0.39 is 6.43 Å². The van der Waals surface area contributed by atoms with Gasteiger partial charge in [-0.2, -0.15) is 4.98 Å². The molecular weight excluding hydrogens is 214 g/mol. The number of rotatable bonds is 3. The molecule has 1 rings (SSSR count). The molecule has 0 aliphatic carbocycles. The summed E-state index contributed by atoms with van der Waals surface area (Å²) in [5, 5.41) is 0. The average molecular weight is 223 g/mol. The second kappa shape index (κ2) is 4.41. The van der Waals surface area contributed by atoms with Gasteiger partial charge in [0.15, 0.2) is 0 Å². The first-order valence-corrected chi connectivity index (χ1v) is 4.31. The Morgan fingerprint density at radius 2 is 2.29 bits per heavy atom. The van der Waals surface area contributed by atoms with Crippen LogP contribution in [0, 0.1) is 0 Å². The van der Waals surface area contributed by atoms with E-state index in [1.54, 1.807) is 0 Å². The molecule has 1 heterocycles. The van der Waals surface area contributed by atoms with Crippen molar-refractivity contribution in [2.75, 3.05) is 12.8 Å². The molecule has 1 aromatic rings. The van der Waals surface area contributed by atoms with Crippen LogP contribution in [0.5, 0.6) is 5.88 Å². The number of aromatic nitrogens is 1. The maximum Gasteiger partial charge on any atom is 0.264 e. The fourth-order valence-corrected chi connectivity index (χ4v) is 1.35. The van der Waals surface area contributed by atoms with Crippen LogP contribution in [-0.2, 0) is 5.88 Å². The lowest BCUT2D eigenvalue weighted by molar-refractivity contribution is 0.150. The van der Waals surface area contributed by atoms with Crippen molar-refractivity contribution in [1.82, 2.24) is 4.98 Å². The van der Waals surface area contributed by atoms with Gasteiger partial charge in [0.1, 0.15) is 5.82 Å². The summed E-state index contributed by atoms with van der Waals surface area (Å²) in [7, 11) is 1.33. The van der Waals surface area contributed by atoms with Crippen molar-refractivity contribution in [2.24, 2.45) is 0 Å². The number of halogens is 3. The molecule has 0 saturated carbocycles. The first-order valence-electron chi connectivity index (χ1n) is 3.77. The van der Waals surface area contributed by atoms with Crippen LogP contribution < -0.4 is 10.5 Å². The Morgan fingerprint density at radius 1 is 1.64 bits per heavy atom. The number of hydrogen-bond acceptors (Lipinski definition) is 3. The normalized spacial score (nSPS) is 10.6. The van der Waals surface area contributed by atoms with Crippen molar-refractivity contribution in [2.45, 2.75) is 12.3 Å². The van der Waals surface area contributed by atoms with E-state index in [1.165, 1.54) is 7.11 Å². The summed E-state index contributed by atoms with van der Waals surface area (Å²) in [5.41, 5.74) is 5.28. The third-order valence-corrected chi connectivity index (χ3v) is 1.97. The number of hydrogen-bond donors (Lipinski definition) is 1. The first-order chi connectivity index (χ1) is 6.60. The largest absolute Gasteiger partial charge is 0.481 e. The van der Waals surface area contributed by atoms with E-state index in [9.17, 15) is 8.78 Å². The third-order valence-electron chi connectivity index (χ3n) is 1.70. The summed E-state index contributed by atoms with van der Waals surface area (Å²) in [6.45, 7) is 0. The number of anilines is 1. The smallest absolute Gasteiger partial charge is 0.264 e. The number of ether oxygens (including phenoxy) is 1. The van der Waals surface area contributed by atoms with Crippen molar-refractivity contribution in [1.29, 1.82) is 0 Å². The van der Waals surface area contributed by atoms with Crippen molar-refractivity contribution in [3.63, 3.8) is 0 Å². The van der Waals surface area contributed by atoms with Crippen LogP contribution in [0.2, 0.25) is 0 Å². The van der Waals surface area contributed by atoms with Crippen LogP contribution in [0.3, 0.4) is 0 Å². The summed E-state index contributed by atoms with van der Waals surface area (Å²) in [6.07, 6.45) is -2.64. The minimum Gasteiger partial charge on any atom is -0.481 e. The molecule has 0 atom stereocenters. The van der Waals surface area contributed by atoms with Crippen LogP contribution >= 0.6 is 11.6 Å². The monoisotopic (exact) mass is 222 g/mol. The Bertz CT molecular complexity index is 333. The van der Waals surface area contributed by atoms with Gasteiger partial charge in [-0.3, -0.25) is 0 Å². The predicted molar refractivity (Wildman–Crippen MR) is 49.7 cm³/mol. The van der Waals surface area contributed by atoms with Gasteiger partial charge in [0.05, 0.1) is 13.0 Å². The number of alkyl halides is 3. The molecule has 1 aromatic heterocycles. The number of nitrogens with two attached hydrogens (primary N) is 1. The summed E-state index contributed by atoms with van der Waals surface area (Å²) in [5.74, 6) is -0.0443. The molecule has 2 N–H and O–H groups in total. The minimum absolute atomic E-state index is 0.00832. The lowest BCUT2D eigenvalue weighted by atomic mass is 10.1. The van der Waals surface area contributed by atoms with E-state index in [-0.39, 0.29) is 28.7 Å². The molecule has 0 aliphatic heterocycles. The highest BCUT2D eigenvalue weighted by Gasteiger charge is 2.18. The topological polar surface area (TPSA) is 48.1 Å². The second-order valence-corrected chi connectivity index (χ2v) is 2.83. The standard InChI is InChI=1S/C8H9ClF2N2O/c1-14-8-5(3-9)4(7(10)11)2-6(12)13-8/h2,7H,3H2,1H3,(H2,12,13). The number of nitrogens with zero attached hydrogens (tertiary/aromatic N) is 1. The lowest BCUT2D eigenvalue weighted by Gasteiger charge is -2.11. The summed E-state index contributed by atoms with van der Waals surface area (Å²) < 4.78 is 29.8. The average Bonchev–Trinajstić information content (AvgIpc) is 2.16. The van der Waals surface area contributed by atoms with Gasteiger partial charge in [-0.05, 0) is 6.07 Å². The molecule has 0 saturated heterocycles. The Morgan fingerprint density at radius 3 is 2.71 bits per heavy atom. The Hall–Kier alpha value is -1.10. The van der Waals surface area contributed by atoms with Gasteiger partial charge in [-0.1, -0.05) is 0 Å². The first kappa shape index (κ1) is 11.0. The SMILES string of the molecule is COc1nc(N)cc(C(F)F)c1CCl. The van der Waals surface area contributed by atoms with Crippen LogP contribution in [0.4, 0.5) is 14.6 Å². The number of methoxy groups -OCH3 is 1. The maximum atomic E-state index is 12.5. The van der Waals surface area contributed by atoms with Crippen molar-refractivity contribution in [3.8, 4) is 5.88 Å². The highest BCUT2D eigenvalue weighted by atomic mass is 35.5. The number of pyridine rings is 1. The highest BCUT2D eigenvalue weighted by molar-refractivity contribution is 6.17. The highest BCUT2D eigenvalue weighted by Crippen LogP contribution is 2.31. The molecule has 0 aromatic carbocycles. The number of nitrogen functional groups attached to an aromatic ring is 1. The Kier molecular flexibility index (Phi) is 3.46. The lowest BCUT2D eigenvalue weighted by Crippen LogP contribution is -2.03. The van der Waals surface area contributed by atoms with E-state index in [0.29, 0.717) is 0 Å². The zero-order valence-corrected chi connectivity index (χ0v) is 8.18. The van der Waals surface area contributed by atoms with Gasteiger partial charge in [0.2, 0.25) is 5.88 Å². The van der Waals surface area contributed by atoms with Crippen molar-refractivity contribution in [3.05, 3.63) is 17.2 Å². The maximum absolute atomic E-state index is 12.5.